The van der Waals surface area contributed by atoms with E-state index < -0.39 is 47.9 Å². The molecule has 43 heavy (non-hydrogen) atoms. The summed E-state index contributed by atoms with van der Waals surface area (Å²) in [4.78, 5) is 29.7. The number of pyridine rings is 1. The summed E-state index contributed by atoms with van der Waals surface area (Å²) < 4.78 is 70.7. The van der Waals surface area contributed by atoms with Gasteiger partial charge in [-0.25, -0.2) is 8.78 Å². The van der Waals surface area contributed by atoms with E-state index in [1.54, 1.807) is 37.3 Å². The average molecular weight is 598 g/mol. The number of aromatic nitrogens is 3. The predicted octanol–water partition coefficient (Wildman–Crippen LogP) is 5.88. The van der Waals surface area contributed by atoms with E-state index in [1.165, 1.54) is 12.3 Å². The van der Waals surface area contributed by atoms with Crippen molar-refractivity contribution in [2.24, 2.45) is 5.73 Å². The van der Waals surface area contributed by atoms with Gasteiger partial charge in [-0.3, -0.25) is 19.3 Å². The highest BCUT2D eigenvalue weighted by Crippen LogP contribution is 2.40. The van der Waals surface area contributed by atoms with Crippen LogP contribution in [0.15, 0.2) is 60.8 Å². The van der Waals surface area contributed by atoms with Crippen molar-refractivity contribution in [2.75, 3.05) is 0 Å². The first kappa shape index (κ1) is 29.9. The third-order valence-electron chi connectivity index (χ3n) is 7.51. The first-order valence-corrected chi connectivity index (χ1v) is 13.7. The molecule has 2 aromatic heterocycles. The lowest BCUT2D eigenvalue weighted by Crippen LogP contribution is -2.34. The highest BCUT2D eigenvalue weighted by molar-refractivity contribution is 5.94. The second kappa shape index (κ2) is 11.9. The van der Waals surface area contributed by atoms with Gasteiger partial charge in [0.15, 0.2) is 5.69 Å². The van der Waals surface area contributed by atoms with E-state index in [0.29, 0.717) is 35.4 Å². The van der Waals surface area contributed by atoms with Gasteiger partial charge >= 0.3 is 6.18 Å². The number of amides is 2. The zero-order valence-corrected chi connectivity index (χ0v) is 23.1. The number of halogens is 5. The van der Waals surface area contributed by atoms with Crippen LogP contribution in [-0.4, -0.2) is 26.6 Å². The molecule has 2 heterocycles. The van der Waals surface area contributed by atoms with Gasteiger partial charge in [0.2, 0.25) is 11.8 Å². The fourth-order valence-electron chi connectivity index (χ4n) is 5.72. The van der Waals surface area contributed by atoms with Gasteiger partial charge in [0.05, 0.1) is 11.7 Å². The maximum atomic E-state index is 14.1. The lowest BCUT2D eigenvalue weighted by atomic mass is 9.87. The largest absolute Gasteiger partial charge is 0.435 e. The van der Waals surface area contributed by atoms with Crippen LogP contribution in [0.5, 0.6) is 0 Å². The minimum atomic E-state index is -4.67. The molecule has 1 aliphatic rings. The Labute approximate surface area is 243 Å². The van der Waals surface area contributed by atoms with E-state index in [-0.39, 0.29) is 35.4 Å². The summed E-state index contributed by atoms with van der Waals surface area (Å²) in [6, 6.07) is 11.8. The standard InChI is InChI=1S/C31H28F5N5O2/c1-17-5-2-8-24-28(17)41(40-29(24)31(34,35)36)16-26(42)39-25(13-18-11-21(32)15-22(33)12-18)27-23(9-4-10-38-27)19-6-3-7-20(14-19)30(37)43/h3-4,6-7,9-12,14-15,17,25H,2,5,8,13,16H2,1H3,(H2,37,43)(H,39,42). The monoisotopic (exact) mass is 597 g/mol. The Morgan fingerprint density at radius 3 is 2.53 bits per heavy atom. The van der Waals surface area contributed by atoms with Gasteiger partial charge in [0, 0.05) is 34.6 Å². The summed E-state index contributed by atoms with van der Waals surface area (Å²) in [5, 5.41) is 6.61. The van der Waals surface area contributed by atoms with Crippen molar-refractivity contribution in [2.45, 2.75) is 57.3 Å². The molecule has 7 nitrogen and oxygen atoms in total. The third-order valence-corrected chi connectivity index (χ3v) is 7.51. The number of hydrogen-bond acceptors (Lipinski definition) is 4. The number of carbonyl (C=O) groups is 2. The first-order chi connectivity index (χ1) is 20.4. The highest BCUT2D eigenvalue weighted by atomic mass is 19.4. The van der Waals surface area contributed by atoms with Crippen LogP contribution in [0, 0.1) is 11.6 Å². The second-order valence-electron chi connectivity index (χ2n) is 10.6. The van der Waals surface area contributed by atoms with Crippen molar-refractivity contribution in [3.05, 3.63) is 106 Å². The minimum Gasteiger partial charge on any atom is -0.366 e. The third kappa shape index (κ3) is 6.58. The topological polar surface area (TPSA) is 103 Å². The second-order valence-corrected chi connectivity index (χ2v) is 10.6. The summed E-state index contributed by atoms with van der Waals surface area (Å²) >= 11 is 0. The zero-order chi connectivity index (χ0) is 30.9. The van der Waals surface area contributed by atoms with E-state index in [4.69, 9.17) is 5.73 Å². The van der Waals surface area contributed by atoms with Gasteiger partial charge in [-0.1, -0.05) is 25.1 Å². The zero-order valence-electron chi connectivity index (χ0n) is 23.1. The predicted molar refractivity (Wildman–Crippen MR) is 148 cm³/mol. The lowest BCUT2D eigenvalue weighted by Gasteiger charge is -2.23. The number of benzene rings is 2. The maximum absolute atomic E-state index is 14.1. The molecular weight excluding hydrogens is 569 g/mol. The van der Waals surface area contributed by atoms with Crippen molar-refractivity contribution in [1.82, 2.24) is 20.1 Å². The molecule has 3 N–H and O–H groups in total. The van der Waals surface area contributed by atoms with E-state index in [0.717, 1.165) is 22.9 Å². The van der Waals surface area contributed by atoms with Crippen molar-refractivity contribution in [3.63, 3.8) is 0 Å². The van der Waals surface area contributed by atoms with Gasteiger partial charge in [0.25, 0.3) is 0 Å². The molecule has 2 unspecified atom stereocenters. The normalized spacial score (nSPS) is 15.5. The number of carbonyl (C=O) groups excluding carboxylic acids is 2. The Kier molecular flexibility index (Phi) is 8.30. The van der Waals surface area contributed by atoms with Crippen molar-refractivity contribution in [1.29, 1.82) is 0 Å². The van der Waals surface area contributed by atoms with Crippen LogP contribution < -0.4 is 11.1 Å². The molecule has 5 rings (SSSR count). The molecule has 224 valence electrons. The highest BCUT2D eigenvalue weighted by Gasteiger charge is 2.41. The number of nitrogens with one attached hydrogen (secondary N) is 1. The Morgan fingerprint density at radius 1 is 1.09 bits per heavy atom. The van der Waals surface area contributed by atoms with E-state index >= 15 is 0 Å². The van der Waals surface area contributed by atoms with Crippen molar-refractivity contribution >= 4 is 11.8 Å². The fourth-order valence-corrected chi connectivity index (χ4v) is 5.72. The van der Waals surface area contributed by atoms with E-state index in [2.05, 4.69) is 15.4 Å². The smallest absolute Gasteiger partial charge is 0.366 e. The number of hydrogen-bond donors (Lipinski definition) is 2. The van der Waals surface area contributed by atoms with Crippen LogP contribution in [0.2, 0.25) is 0 Å². The molecule has 2 amide bonds. The molecule has 1 aliphatic carbocycles. The van der Waals surface area contributed by atoms with Crippen molar-refractivity contribution in [3.8, 4) is 11.1 Å². The Hall–Kier alpha value is -4.61. The van der Waals surface area contributed by atoms with Crippen LogP contribution in [0.4, 0.5) is 22.0 Å². The molecular formula is C31H28F5N5O2. The van der Waals surface area contributed by atoms with Crippen LogP contribution in [0.1, 0.15) is 70.3 Å². The summed E-state index contributed by atoms with van der Waals surface area (Å²) in [5.74, 6) is -3.17. The van der Waals surface area contributed by atoms with E-state index in [9.17, 15) is 31.5 Å². The van der Waals surface area contributed by atoms with Crippen LogP contribution in [0.3, 0.4) is 0 Å². The number of rotatable bonds is 8. The average Bonchev–Trinajstić information content (AvgIpc) is 3.32. The Bertz CT molecular complexity index is 1660. The van der Waals surface area contributed by atoms with Crippen molar-refractivity contribution < 1.29 is 31.5 Å². The summed E-state index contributed by atoms with van der Waals surface area (Å²) in [6.07, 6.45) is -1.83. The van der Waals surface area contributed by atoms with Gasteiger partial charge in [0.1, 0.15) is 18.2 Å². The molecule has 0 fully saturated rings. The van der Waals surface area contributed by atoms with Gasteiger partial charge in [-0.05, 0) is 73.1 Å². The SMILES string of the molecule is CC1CCCc2c(C(F)(F)F)nn(CC(=O)NC(Cc3cc(F)cc(F)c3)c3ncccc3-c3cccc(C(N)=O)c3)c21. The number of nitrogens with zero attached hydrogens (tertiary/aromatic N) is 3. The van der Waals surface area contributed by atoms with Gasteiger partial charge in [-0.15, -0.1) is 0 Å². The van der Waals surface area contributed by atoms with Crippen LogP contribution in [-0.2, 0) is 30.4 Å². The molecule has 0 radical (unpaired) electrons. The molecule has 0 spiro atoms. The molecule has 2 atom stereocenters. The molecule has 0 saturated carbocycles. The maximum Gasteiger partial charge on any atom is 0.435 e. The summed E-state index contributed by atoms with van der Waals surface area (Å²) in [5.41, 5.74) is 6.77. The summed E-state index contributed by atoms with van der Waals surface area (Å²) in [7, 11) is 0. The molecule has 4 aromatic rings. The molecule has 0 saturated heterocycles. The minimum absolute atomic E-state index is 0.0959. The van der Waals surface area contributed by atoms with Gasteiger partial charge < -0.3 is 11.1 Å². The molecule has 2 aromatic carbocycles. The Morgan fingerprint density at radius 2 is 1.84 bits per heavy atom. The fraction of sp³-hybridized carbons (Fsp3) is 0.290. The number of fused-ring (bicyclic) bond motifs is 1. The number of nitrogens with two attached hydrogens (primary N) is 1. The molecule has 12 heteroatoms. The quantitative estimate of drug-likeness (QED) is 0.248. The lowest BCUT2D eigenvalue weighted by molar-refractivity contribution is -0.142. The Balaban J connectivity index is 1.53. The number of primary amides is 1. The number of alkyl halides is 3. The summed E-state index contributed by atoms with van der Waals surface area (Å²) in [6.45, 7) is 1.30. The van der Waals surface area contributed by atoms with E-state index in [1.807, 2.05) is 0 Å². The van der Waals surface area contributed by atoms with Gasteiger partial charge in [-0.2, -0.15) is 18.3 Å². The van der Waals surface area contributed by atoms with Crippen LogP contribution >= 0.6 is 0 Å². The first-order valence-electron chi connectivity index (χ1n) is 13.7. The molecule has 0 bridgehead atoms. The molecule has 0 aliphatic heterocycles. The van der Waals surface area contributed by atoms with Crippen LogP contribution in [0.25, 0.3) is 11.1 Å².